The van der Waals surface area contributed by atoms with Crippen molar-refractivity contribution in [3.63, 3.8) is 0 Å². The van der Waals surface area contributed by atoms with Gasteiger partial charge in [-0.25, -0.2) is 5.43 Å². The Bertz CT molecular complexity index is 974. The number of ether oxygens (including phenoxy) is 3. The third kappa shape index (κ3) is 5.96. The predicted octanol–water partition coefficient (Wildman–Crippen LogP) is 1.05. The SMILES string of the molecule is COc1ccccc1NC(=O)C(=O)N/N=C(\C)c1ccc(OCC(N)=O)c(OC)c1. The van der Waals surface area contributed by atoms with Gasteiger partial charge in [-0.1, -0.05) is 12.1 Å². The minimum atomic E-state index is -0.950. The number of nitrogens with two attached hydrogens (primary N) is 1. The van der Waals surface area contributed by atoms with Crippen molar-refractivity contribution >= 4 is 29.1 Å². The summed E-state index contributed by atoms with van der Waals surface area (Å²) in [6, 6.07) is 11.5. The van der Waals surface area contributed by atoms with Crippen molar-refractivity contribution < 1.29 is 28.6 Å². The summed E-state index contributed by atoms with van der Waals surface area (Å²) < 4.78 is 15.6. The number of para-hydroxylation sites is 2. The lowest BCUT2D eigenvalue weighted by Crippen LogP contribution is -2.33. The van der Waals surface area contributed by atoms with E-state index in [1.165, 1.54) is 14.2 Å². The number of hydrazone groups is 1. The molecule has 30 heavy (non-hydrogen) atoms. The molecule has 0 saturated heterocycles. The number of benzene rings is 2. The fourth-order valence-electron chi connectivity index (χ4n) is 2.34. The summed E-state index contributed by atoms with van der Waals surface area (Å²) >= 11 is 0. The van der Waals surface area contributed by atoms with Crippen LogP contribution < -0.4 is 30.7 Å². The standard InChI is InChI=1S/C20H22N4O6/c1-12(13-8-9-16(17(10-13)29-3)30-11-18(21)25)23-24-20(27)19(26)22-14-6-4-5-7-15(14)28-2/h4-10H,11H2,1-3H3,(H2,21,25)(H,22,26)(H,24,27)/b23-12+. The number of amides is 3. The van der Waals surface area contributed by atoms with E-state index < -0.39 is 17.7 Å². The van der Waals surface area contributed by atoms with Crippen molar-refractivity contribution in [2.75, 3.05) is 26.1 Å². The number of carbonyl (C=O) groups excluding carboxylic acids is 3. The minimum Gasteiger partial charge on any atom is -0.495 e. The molecule has 158 valence electrons. The van der Waals surface area contributed by atoms with Gasteiger partial charge in [0.15, 0.2) is 18.1 Å². The van der Waals surface area contributed by atoms with Gasteiger partial charge in [-0.3, -0.25) is 14.4 Å². The number of methoxy groups -OCH3 is 2. The molecule has 0 spiro atoms. The molecular weight excluding hydrogens is 392 g/mol. The first-order chi connectivity index (χ1) is 14.3. The van der Waals surface area contributed by atoms with Gasteiger partial charge >= 0.3 is 11.8 Å². The maximum atomic E-state index is 12.1. The Kier molecular flexibility index (Phi) is 7.74. The Hall–Kier alpha value is -4.08. The first-order valence-electron chi connectivity index (χ1n) is 8.73. The summed E-state index contributed by atoms with van der Waals surface area (Å²) in [5.41, 5.74) is 8.63. The van der Waals surface area contributed by atoms with Gasteiger partial charge in [0.25, 0.3) is 5.91 Å². The molecule has 4 N–H and O–H groups in total. The largest absolute Gasteiger partial charge is 0.495 e. The molecule has 0 fully saturated rings. The number of carbonyl (C=O) groups is 3. The van der Waals surface area contributed by atoms with Crippen molar-refractivity contribution in [3.05, 3.63) is 48.0 Å². The molecule has 0 aliphatic heterocycles. The van der Waals surface area contributed by atoms with Gasteiger partial charge in [0.2, 0.25) is 0 Å². The van der Waals surface area contributed by atoms with Crippen LogP contribution in [0, 0.1) is 0 Å². The molecule has 0 aromatic heterocycles. The monoisotopic (exact) mass is 414 g/mol. The number of primary amides is 1. The van der Waals surface area contributed by atoms with Crippen LogP contribution in [0.25, 0.3) is 0 Å². The molecule has 0 aliphatic carbocycles. The van der Waals surface area contributed by atoms with Crippen LogP contribution in [0.1, 0.15) is 12.5 Å². The van der Waals surface area contributed by atoms with E-state index in [-0.39, 0.29) is 6.61 Å². The van der Waals surface area contributed by atoms with E-state index in [1.54, 1.807) is 49.4 Å². The number of nitrogens with zero attached hydrogens (tertiary/aromatic N) is 1. The molecule has 0 atom stereocenters. The van der Waals surface area contributed by atoms with E-state index >= 15 is 0 Å². The van der Waals surface area contributed by atoms with Crippen LogP contribution in [0.2, 0.25) is 0 Å². The van der Waals surface area contributed by atoms with Crippen molar-refractivity contribution in [2.24, 2.45) is 10.8 Å². The molecule has 10 heteroatoms. The van der Waals surface area contributed by atoms with Gasteiger partial charge in [-0.05, 0) is 37.3 Å². The Morgan fingerprint density at radius 1 is 0.967 bits per heavy atom. The van der Waals surface area contributed by atoms with Crippen LogP contribution in [0.5, 0.6) is 17.2 Å². The number of nitrogens with one attached hydrogen (secondary N) is 2. The maximum absolute atomic E-state index is 12.1. The summed E-state index contributed by atoms with van der Waals surface area (Å²) in [7, 11) is 2.89. The lowest BCUT2D eigenvalue weighted by atomic mass is 10.1. The first kappa shape index (κ1) is 22.2. The second-order valence-electron chi connectivity index (χ2n) is 5.91. The molecule has 2 aromatic rings. The number of rotatable bonds is 8. The highest BCUT2D eigenvalue weighted by Crippen LogP contribution is 2.28. The fourth-order valence-corrected chi connectivity index (χ4v) is 2.34. The summed E-state index contributed by atoms with van der Waals surface area (Å²) in [6.07, 6.45) is 0. The topological polar surface area (TPSA) is 141 Å². The van der Waals surface area contributed by atoms with Crippen LogP contribution in [0.3, 0.4) is 0 Å². The van der Waals surface area contributed by atoms with Gasteiger partial charge < -0.3 is 25.3 Å². The highest BCUT2D eigenvalue weighted by Gasteiger charge is 2.16. The summed E-state index contributed by atoms with van der Waals surface area (Å²) in [6.45, 7) is 1.34. The zero-order valence-electron chi connectivity index (χ0n) is 16.7. The lowest BCUT2D eigenvalue weighted by molar-refractivity contribution is -0.136. The van der Waals surface area contributed by atoms with E-state index in [0.29, 0.717) is 34.2 Å². The lowest BCUT2D eigenvalue weighted by Gasteiger charge is -2.11. The minimum absolute atomic E-state index is 0.292. The third-order valence-corrected chi connectivity index (χ3v) is 3.84. The van der Waals surface area contributed by atoms with Crippen molar-refractivity contribution in [1.29, 1.82) is 0 Å². The van der Waals surface area contributed by atoms with E-state index in [1.807, 2.05) is 0 Å². The van der Waals surface area contributed by atoms with Gasteiger partial charge in [-0.2, -0.15) is 5.10 Å². The number of hydrogen-bond acceptors (Lipinski definition) is 7. The maximum Gasteiger partial charge on any atom is 0.329 e. The summed E-state index contributed by atoms with van der Waals surface area (Å²) in [5.74, 6) is -1.37. The van der Waals surface area contributed by atoms with Crippen LogP contribution >= 0.6 is 0 Å². The highest BCUT2D eigenvalue weighted by molar-refractivity contribution is 6.39. The van der Waals surface area contributed by atoms with E-state index in [0.717, 1.165) is 0 Å². The Labute approximate surface area is 173 Å². The van der Waals surface area contributed by atoms with Crippen LogP contribution in [-0.2, 0) is 14.4 Å². The van der Waals surface area contributed by atoms with Crippen LogP contribution in [-0.4, -0.2) is 44.3 Å². The molecule has 0 heterocycles. The molecule has 10 nitrogen and oxygen atoms in total. The normalized spacial score (nSPS) is 10.7. The molecule has 0 aliphatic rings. The molecule has 2 aromatic carbocycles. The molecular formula is C20H22N4O6. The zero-order chi connectivity index (χ0) is 22.1. The molecule has 0 unspecified atom stereocenters. The van der Waals surface area contributed by atoms with E-state index in [9.17, 15) is 14.4 Å². The predicted molar refractivity (Wildman–Crippen MR) is 110 cm³/mol. The molecule has 3 amide bonds. The quantitative estimate of drug-likeness (QED) is 0.335. The molecule has 0 saturated carbocycles. The fraction of sp³-hybridized carbons (Fsp3) is 0.200. The van der Waals surface area contributed by atoms with Crippen LogP contribution in [0.4, 0.5) is 5.69 Å². The highest BCUT2D eigenvalue weighted by atomic mass is 16.5. The molecule has 2 rings (SSSR count). The van der Waals surface area contributed by atoms with Crippen LogP contribution in [0.15, 0.2) is 47.6 Å². The van der Waals surface area contributed by atoms with Crippen molar-refractivity contribution in [1.82, 2.24) is 5.43 Å². The summed E-state index contributed by atoms with van der Waals surface area (Å²) in [5, 5.41) is 6.39. The average Bonchev–Trinajstić information content (AvgIpc) is 2.75. The molecule has 0 radical (unpaired) electrons. The van der Waals surface area contributed by atoms with Crippen molar-refractivity contribution in [3.8, 4) is 17.2 Å². The van der Waals surface area contributed by atoms with E-state index in [4.69, 9.17) is 19.9 Å². The van der Waals surface area contributed by atoms with Gasteiger partial charge in [0, 0.05) is 5.56 Å². The number of anilines is 1. The first-order valence-corrected chi connectivity index (χ1v) is 8.73. The zero-order valence-corrected chi connectivity index (χ0v) is 16.7. The third-order valence-electron chi connectivity index (χ3n) is 3.84. The smallest absolute Gasteiger partial charge is 0.329 e. The second-order valence-corrected chi connectivity index (χ2v) is 5.91. The Morgan fingerprint density at radius 2 is 1.67 bits per heavy atom. The second kappa shape index (κ2) is 10.5. The number of hydrogen-bond donors (Lipinski definition) is 3. The van der Waals surface area contributed by atoms with Crippen molar-refractivity contribution in [2.45, 2.75) is 6.92 Å². The molecule has 0 bridgehead atoms. The van der Waals surface area contributed by atoms with Gasteiger partial charge in [0.05, 0.1) is 25.6 Å². The Morgan fingerprint density at radius 3 is 2.33 bits per heavy atom. The van der Waals surface area contributed by atoms with Gasteiger partial charge in [0.1, 0.15) is 5.75 Å². The Balaban J connectivity index is 2.05. The van der Waals surface area contributed by atoms with E-state index in [2.05, 4.69) is 15.8 Å². The van der Waals surface area contributed by atoms with Gasteiger partial charge in [-0.15, -0.1) is 0 Å². The average molecular weight is 414 g/mol. The summed E-state index contributed by atoms with van der Waals surface area (Å²) in [4.78, 5) is 35.0.